The molecule has 0 saturated carbocycles. The summed E-state index contributed by atoms with van der Waals surface area (Å²) < 4.78 is 50.2. The normalized spacial score (nSPS) is 23.5. The molecule has 0 unspecified atom stereocenters. The number of rotatable bonds is 10. The van der Waals surface area contributed by atoms with Crippen molar-refractivity contribution in [3.8, 4) is 11.8 Å². The highest BCUT2D eigenvalue weighted by Gasteiger charge is 2.61. The van der Waals surface area contributed by atoms with Gasteiger partial charge in [-0.05, 0) is 32.9 Å². The minimum atomic E-state index is -4.66. The van der Waals surface area contributed by atoms with Crippen LogP contribution in [-0.2, 0) is 29.1 Å². The summed E-state index contributed by atoms with van der Waals surface area (Å²) >= 11 is 0. The van der Waals surface area contributed by atoms with Gasteiger partial charge in [0.2, 0.25) is 11.5 Å². The summed E-state index contributed by atoms with van der Waals surface area (Å²) in [5, 5.41) is 32.7. The van der Waals surface area contributed by atoms with Gasteiger partial charge in [-0.1, -0.05) is 18.2 Å². The van der Waals surface area contributed by atoms with Gasteiger partial charge in [-0.2, -0.15) is 10.3 Å². The first-order valence-electron chi connectivity index (χ1n) is 11.0. The summed E-state index contributed by atoms with van der Waals surface area (Å²) in [6, 6.07) is 8.33. The Morgan fingerprint density at radius 1 is 1.24 bits per heavy atom. The molecule has 4 atom stereocenters. The predicted molar refractivity (Wildman–Crippen MR) is 127 cm³/mol. The van der Waals surface area contributed by atoms with E-state index in [9.17, 15) is 34.4 Å². The topological polar surface area (TPSA) is 202 Å². The number of nitriles is 1. The number of aromatic nitrogens is 2. The van der Waals surface area contributed by atoms with Gasteiger partial charge in [-0.15, -0.1) is 0 Å². The Bertz CT molecular complexity index is 1440. The van der Waals surface area contributed by atoms with Gasteiger partial charge in [0, 0.05) is 12.3 Å². The number of alkyl halides is 1. The molecule has 0 spiro atoms. The third-order valence-electron chi connectivity index (χ3n) is 4.97. The number of carbonyl (C=O) groups excluding carboxylic acids is 1. The maximum Gasteiger partial charge on any atom is 0.459 e. The second-order valence-electron chi connectivity index (χ2n) is 8.28. The minimum absolute atomic E-state index is 0.0122. The maximum atomic E-state index is 15.8. The highest BCUT2D eigenvalue weighted by atomic mass is 31.2. The number of esters is 1. The van der Waals surface area contributed by atoms with Crippen molar-refractivity contribution in [1.82, 2.24) is 14.6 Å². The number of nitrogens with one attached hydrogen (secondary N) is 2. The zero-order valence-electron chi connectivity index (χ0n) is 20.3. The molecule has 0 saturated heterocycles. The lowest BCUT2D eigenvalue weighted by Gasteiger charge is -2.28. The molecule has 1 aromatic carbocycles. The third-order valence-corrected chi connectivity index (χ3v) is 6.59. The number of carbonyl (C=O) groups is 1. The van der Waals surface area contributed by atoms with Crippen LogP contribution in [-0.4, -0.2) is 50.3 Å². The van der Waals surface area contributed by atoms with Crippen molar-refractivity contribution in [3.05, 3.63) is 75.0 Å². The Balaban J connectivity index is 1.92. The molecule has 0 amide bonds. The van der Waals surface area contributed by atoms with Crippen LogP contribution in [0.4, 0.5) is 4.39 Å². The molecule has 16 heteroatoms. The molecule has 14 nitrogen and oxygen atoms in total. The summed E-state index contributed by atoms with van der Waals surface area (Å²) in [5.41, 5.74) is -5.11. The van der Waals surface area contributed by atoms with E-state index in [1.54, 1.807) is 24.9 Å². The summed E-state index contributed by atoms with van der Waals surface area (Å²) in [6.07, 6.45) is 0.219. The Hall–Kier alpha value is -3.96. The molecule has 0 aliphatic carbocycles. The van der Waals surface area contributed by atoms with E-state index in [-0.39, 0.29) is 5.75 Å². The highest BCUT2D eigenvalue weighted by molar-refractivity contribution is 7.52. The zero-order chi connectivity index (χ0) is 28.3. The Morgan fingerprint density at radius 3 is 2.47 bits per heavy atom. The first-order valence-corrected chi connectivity index (χ1v) is 12.5. The van der Waals surface area contributed by atoms with Crippen molar-refractivity contribution in [3.63, 3.8) is 0 Å². The summed E-state index contributed by atoms with van der Waals surface area (Å²) in [4.78, 5) is 37.7. The smallest absolute Gasteiger partial charge is 0.459 e. The summed E-state index contributed by atoms with van der Waals surface area (Å²) in [5.74, 6) is -7.40. The average molecular weight is 554 g/mol. The molecule has 0 fully saturated rings. The SMILES string of the molecule is CC(C)OC(=O)[C@H](C)N[P@](=O)(OC[C@@]1(F)O[C@@](C#N)(n2ccc(=O)[nH]c2=O)C(O)=C1O)Oc1ccccc1. The number of aromatic amines is 1. The van der Waals surface area contributed by atoms with Gasteiger partial charge in [0.25, 0.3) is 11.4 Å². The van der Waals surface area contributed by atoms with Gasteiger partial charge in [0.05, 0.1) is 6.10 Å². The second kappa shape index (κ2) is 10.8. The Kier molecular flexibility index (Phi) is 8.13. The van der Waals surface area contributed by atoms with Crippen LogP contribution in [0, 0.1) is 11.3 Å². The molecule has 38 heavy (non-hydrogen) atoms. The van der Waals surface area contributed by atoms with E-state index >= 15 is 4.39 Å². The molecular formula is C22H24FN4O10P. The summed E-state index contributed by atoms with van der Waals surface area (Å²) in [7, 11) is -4.66. The van der Waals surface area contributed by atoms with Crippen LogP contribution < -0.4 is 20.9 Å². The van der Waals surface area contributed by atoms with Crippen LogP contribution in [0.25, 0.3) is 0 Å². The molecule has 3 rings (SSSR count). The first-order chi connectivity index (χ1) is 17.7. The zero-order valence-corrected chi connectivity index (χ0v) is 21.2. The number of ether oxygens (including phenoxy) is 2. The van der Waals surface area contributed by atoms with Crippen LogP contribution in [0.1, 0.15) is 20.8 Å². The number of benzene rings is 1. The molecule has 4 N–H and O–H groups in total. The Morgan fingerprint density at radius 2 is 1.89 bits per heavy atom. The van der Waals surface area contributed by atoms with E-state index in [4.69, 9.17) is 18.5 Å². The minimum Gasteiger partial charge on any atom is -0.504 e. The Labute approximate surface area is 214 Å². The van der Waals surface area contributed by atoms with Gasteiger partial charge < -0.3 is 19.5 Å². The number of hydrogen-bond donors (Lipinski definition) is 4. The van der Waals surface area contributed by atoms with Crippen molar-refractivity contribution >= 4 is 13.7 Å². The standard InChI is InChI=1S/C22H24FN4O10P/c1-13(2)35-19(31)14(3)26-38(33,36-15-7-5-4-6-8-15)34-12-21(23)17(29)18(30)22(11-24,37-21)27-10-9-16(28)25-20(27)32/h4-10,13-14,29-30H,12H2,1-3H3,(H,26,33)(H,25,28,32)/t14-,21+,22+,38-/m0/s1. The molecular weight excluding hydrogens is 530 g/mol. The van der Waals surface area contributed by atoms with Gasteiger partial charge in [-0.25, -0.2) is 13.8 Å². The van der Waals surface area contributed by atoms with Crippen LogP contribution in [0.15, 0.2) is 63.7 Å². The number of aliphatic hydroxyl groups is 2. The molecule has 2 heterocycles. The highest BCUT2D eigenvalue weighted by Crippen LogP contribution is 2.49. The second-order valence-corrected chi connectivity index (χ2v) is 9.97. The number of halogens is 1. The molecule has 0 bridgehead atoms. The molecule has 0 radical (unpaired) electrons. The van der Waals surface area contributed by atoms with Gasteiger partial charge in [0.15, 0.2) is 0 Å². The summed E-state index contributed by atoms with van der Waals surface area (Å²) in [6.45, 7) is 2.98. The van der Waals surface area contributed by atoms with E-state index < -0.39 is 66.8 Å². The monoisotopic (exact) mass is 554 g/mol. The molecule has 2 aromatic rings. The fraction of sp³-hybridized carbons (Fsp3) is 0.364. The number of para-hydroxylation sites is 1. The van der Waals surface area contributed by atoms with Crippen molar-refractivity contribution in [1.29, 1.82) is 5.26 Å². The fourth-order valence-electron chi connectivity index (χ4n) is 3.23. The lowest BCUT2D eigenvalue weighted by Crippen LogP contribution is -2.47. The van der Waals surface area contributed by atoms with Crippen LogP contribution in [0.2, 0.25) is 0 Å². The van der Waals surface area contributed by atoms with Crippen molar-refractivity contribution in [2.75, 3.05) is 6.61 Å². The predicted octanol–water partition coefficient (Wildman–Crippen LogP) is 1.87. The lowest BCUT2D eigenvalue weighted by atomic mass is 10.2. The van der Waals surface area contributed by atoms with Gasteiger partial charge >= 0.3 is 25.1 Å². The molecule has 1 aliphatic rings. The van der Waals surface area contributed by atoms with Crippen LogP contribution in [0.3, 0.4) is 0 Å². The van der Waals surface area contributed by atoms with E-state index in [1.165, 1.54) is 37.3 Å². The number of nitrogens with zero attached hydrogens (tertiary/aromatic N) is 2. The van der Waals surface area contributed by atoms with E-state index in [1.807, 2.05) is 0 Å². The van der Waals surface area contributed by atoms with E-state index in [2.05, 4.69) is 5.09 Å². The maximum absolute atomic E-state index is 15.8. The average Bonchev–Trinajstić information content (AvgIpc) is 3.05. The molecule has 204 valence electrons. The quantitative estimate of drug-likeness (QED) is 0.246. The number of hydrogen-bond acceptors (Lipinski definition) is 11. The van der Waals surface area contributed by atoms with Crippen molar-refractivity contribution in [2.24, 2.45) is 0 Å². The fourth-order valence-corrected chi connectivity index (χ4v) is 4.72. The van der Waals surface area contributed by atoms with E-state index in [0.29, 0.717) is 4.57 Å². The molecule has 1 aromatic heterocycles. The van der Waals surface area contributed by atoms with Gasteiger partial charge in [-0.3, -0.25) is 28.4 Å². The lowest BCUT2D eigenvalue weighted by molar-refractivity contribution is -0.206. The first kappa shape index (κ1) is 28.6. The molecule has 1 aliphatic heterocycles. The van der Waals surface area contributed by atoms with Crippen LogP contribution in [0.5, 0.6) is 5.75 Å². The van der Waals surface area contributed by atoms with Gasteiger partial charge in [0.1, 0.15) is 24.5 Å². The number of H-pyrrole nitrogens is 1. The third kappa shape index (κ3) is 5.79. The largest absolute Gasteiger partial charge is 0.504 e. The van der Waals surface area contributed by atoms with Crippen LogP contribution >= 0.6 is 7.75 Å². The van der Waals surface area contributed by atoms with E-state index in [0.717, 1.165) is 12.3 Å². The van der Waals surface area contributed by atoms with Crippen molar-refractivity contribution < 1.29 is 42.5 Å². The van der Waals surface area contributed by atoms with Crippen molar-refractivity contribution in [2.45, 2.75) is 44.5 Å². The number of aliphatic hydroxyl groups excluding tert-OH is 2.